The third-order valence-electron chi connectivity index (χ3n) is 6.45. The van der Waals surface area contributed by atoms with Gasteiger partial charge in [0.05, 0.1) is 20.6 Å². The highest BCUT2D eigenvalue weighted by Crippen LogP contribution is 2.27. The molecule has 7 nitrogen and oxygen atoms in total. The molecule has 0 aliphatic carbocycles. The average Bonchev–Trinajstić information content (AvgIpc) is 2.93. The Morgan fingerprint density at radius 3 is 2.10 bits per heavy atom. The van der Waals surface area contributed by atoms with E-state index in [0.717, 1.165) is 4.31 Å². The number of carbonyl (C=O) groups is 2. The lowest BCUT2D eigenvalue weighted by molar-refractivity contribution is -0.140. The lowest BCUT2D eigenvalue weighted by Gasteiger charge is -2.33. The molecule has 11 heteroatoms. The summed E-state index contributed by atoms with van der Waals surface area (Å²) in [5.41, 5.74) is 0.946. The van der Waals surface area contributed by atoms with Crippen LogP contribution < -0.4 is 9.62 Å². The fourth-order valence-corrected chi connectivity index (χ4v) is 5.91. The van der Waals surface area contributed by atoms with Crippen LogP contribution in [0.1, 0.15) is 39.2 Å². The molecule has 3 aromatic carbocycles. The molecular formula is C29H32Cl3N3O4S. The highest BCUT2D eigenvalue weighted by atomic mass is 35.5. The Kier molecular flexibility index (Phi) is 11.3. The van der Waals surface area contributed by atoms with Crippen LogP contribution in [0.25, 0.3) is 0 Å². The van der Waals surface area contributed by atoms with Crippen LogP contribution in [-0.2, 0) is 26.2 Å². The number of carbonyl (C=O) groups excluding carboxylic acids is 2. The van der Waals surface area contributed by atoms with E-state index in [1.807, 2.05) is 13.8 Å². The molecule has 0 saturated carbocycles. The van der Waals surface area contributed by atoms with Crippen molar-refractivity contribution >= 4 is 62.3 Å². The molecule has 0 aromatic heterocycles. The van der Waals surface area contributed by atoms with E-state index in [9.17, 15) is 18.0 Å². The number of nitrogens with zero attached hydrogens (tertiary/aromatic N) is 2. The van der Waals surface area contributed by atoms with E-state index >= 15 is 0 Å². The Labute approximate surface area is 251 Å². The van der Waals surface area contributed by atoms with E-state index in [1.54, 1.807) is 55.5 Å². The van der Waals surface area contributed by atoms with Crippen LogP contribution in [0, 0.1) is 0 Å². The van der Waals surface area contributed by atoms with Crippen LogP contribution in [0.2, 0.25) is 15.1 Å². The van der Waals surface area contributed by atoms with Gasteiger partial charge in [-0.3, -0.25) is 13.9 Å². The second-order valence-electron chi connectivity index (χ2n) is 9.31. The Hall–Kier alpha value is -2.78. The summed E-state index contributed by atoms with van der Waals surface area (Å²) in [5.74, 6) is -0.879. The van der Waals surface area contributed by atoms with E-state index in [0.29, 0.717) is 39.2 Å². The summed E-state index contributed by atoms with van der Waals surface area (Å²) in [6.45, 7) is 5.11. The van der Waals surface area contributed by atoms with Gasteiger partial charge in [-0.2, -0.15) is 0 Å². The summed E-state index contributed by atoms with van der Waals surface area (Å²) >= 11 is 18.3. The van der Waals surface area contributed by atoms with Crippen LogP contribution in [0.15, 0.2) is 77.7 Å². The molecule has 2 amide bonds. The average molecular weight is 625 g/mol. The number of para-hydroxylation sites is 1. The fourth-order valence-electron chi connectivity index (χ4n) is 4.05. The molecule has 0 aliphatic rings. The summed E-state index contributed by atoms with van der Waals surface area (Å²) in [5, 5.41) is 3.99. The van der Waals surface area contributed by atoms with Crippen molar-refractivity contribution in [1.82, 2.24) is 10.2 Å². The number of hydrogen-bond acceptors (Lipinski definition) is 4. The molecule has 0 fully saturated rings. The van der Waals surface area contributed by atoms with Gasteiger partial charge in [-0.05, 0) is 73.9 Å². The number of benzene rings is 3. The highest BCUT2D eigenvalue weighted by molar-refractivity contribution is 7.92. The molecule has 1 N–H and O–H groups in total. The van der Waals surface area contributed by atoms with E-state index in [4.69, 9.17) is 34.8 Å². The minimum atomic E-state index is -4.17. The zero-order valence-electron chi connectivity index (χ0n) is 22.5. The van der Waals surface area contributed by atoms with Crippen LogP contribution in [-0.4, -0.2) is 43.8 Å². The molecule has 2 atom stereocenters. The molecule has 0 unspecified atom stereocenters. The maximum atomic E-state index is 14.0. The molecule has 3 rings (SSSR count). The largest absolute Gasteiger partial charge is 0.352 e. The maximum absolute atomic E-state index is 14.0. The van der Waals surface area contributed by atoms with Gasteiger partial charge in [-0.25, -0.2) is 8.42 Å². The third kappa shape index (κ3) is 7.91. The third-order valence-corrected chi connectivity index (χ3v) is 9.23. The molecule has 0 aliphatic heterocycles. The van der Waals surface area contributed by atoms with Crippen molar-refractivity contribution in [2.75, 3.05) is 10.8 Å². The van der Waals surface area contributed by atoms with Crippen molar-refractivity contribution in [3.63, 3.8) is 0 Å². The number of hydrogen-bond donors (Lipinski definition) is 1. The summed E-state index contributed by atoms with van der Waals surface area (Å²) < 4.78 is 28.6. The van der Waals surface area contributed by atoms with Crippen molar-refractivity contribution < 1.29 is 18.0 Å². The SMILES string of the molecule is CC[C@@H](C)NC(=O)[C@H](CC)N(Cc1ccc(Cl)c(Cl)c1)C(=O)CN(c1ccccc1)S(=O)(=O)c1ccc(Cl)cc1. The summed E-state index contributed by atoms with van der Waals surface area (Å²) in [4.78, 5) is 28.7. The Bertz CT molecular complexity index is 1420. The number of rotatable bonds is 12. The minimum absolute atomic E-state index is 0.0196. The molecule has 0 heterocycles. The van der Waals surface area contributed by atoms with Gasteiger partial charge in [0.1, 0.15) is 12.6 Å². The smallest absolute Gasteiger partial charge is 0.264 e. The van der Waals surface area contributed by atoms with Gasteiger partial charge in [0.2, 0.25) is 11.8 Å². The van der Waals surface area contributed by atoms with Crippen molar-refractivity contribution in [3.8, 4) is 0 Å². The predicted octanol–water partition coefficient (Wildman–Crippen LogP) is 6.56. The first-order valence-electron chi connectivity index (χ1n) is 12.8. The van der Waals surface area contributed by atoms with Crippen LogP contribution in [0.5, 0.6) is 0 Å². The van der Waals surface area contributed by atoms with Gasteiger partial charge >= 0.3 is 0 Å². The van der Waals surface area contributed by atoms with Gasteiger partial charge in [0.15, 0.2) is 0 Å². The van der Waals surface area contributed by atoms with Crippen molar-refractivity contribution in [1.29, 1.82) is 0 Å². The first-order valence-corrected chi connectivity index (χ1v) is 15.4. The molecule has 214 valence electrons. The number of anilines is 1. The van der Waals surface area contributed by atoms with Crippen molar-refractivity contribution in [2.45, 2.75) is 57.1 Å². The molecular weight excluding hydrogens is 593 g/mol. The van der Waals surface area contributed by atoms with Crippen LogP contribution >= 0.6 is 34.8 Å². The Morgan fingerprint density at radius 1 is 0.875 bits per heavy atom. The zero-order valence-corrected chi connectivity index (χ0v) is 25.6. The van der Waals surface area contributed by atoms with E-state index in [-0.39, 0.29) is 23.4 Å². The normalized spacial score (nSPS) is 12.8. The lowest BCUT2D eigenvalue weighted by Crippen LogP contribution is -2.53. The Morgan fingerprint density at radius 2 is 1.52 bits per heavy atom. The number of nitrogens with one attached hydrogen (secondary N) is 1. The summed E-state index contributed by atoms with van der Waals surface area (Å²) in [6.07, 6.45) is 1.02. The highest BCUT2D eigenvalue weighted by Gasteiger charge is 2.34. The van der Waals surface area contributed by atoms with Gasteiger partial charge in [0, 0.05) is 17.6 Å². The Balaban J connectivity index is 2.05. The molecule has 40 heavy (non-hydrogen) atoms. The van der Waals surface area contributed by atoms with Crippen molar-refractivity contribution in [3.05, 3.63) is 93.4 Å². The van der Waals surface area contributed by atoms with Crippen molar-refractivity contribution in [2.24, 2.45) is 0 Å². The first-order chi connectivity index (χ1) is 19.0. The first kappa shape index (κ1) is 31.7. The fraction of sp³-hybridized carbons (Fsp3) is 0.310. The minimum Gasteiger partial charge on any atom is -0.352 e. The molecule has 0 saturated heterocycles. The number of amides is 2. The standard InChI is InChI=1S/C29H32Cl3N3O4S/c1-4-20(3)33-29(37)27(5-2)34(18-21-11-16-25(31)26(32)17-21)28(36)19-35(23-9-7-6-8-10-23)40(38,39)24-14-12-22(30)13-15-24/h6-17,20,27H,4-5,18-19H2,1-3H3,(H,33,37)/t20-,27+/m1/s1. The second-order valence-corrected chi connectivity index (χ2v) is 12.4. The zero-order chi connectivity index (χ0) is 29.4. The molecule has 0 radical (unpaired) electrons. The van der Waals surface area contributed by atoms with E-state index < -0.39 is 28.5 Å². The monoisotopic (exact) mass is 623 g/mol. The molecule has 3 aromatic rings. The van der Waals surface area contributed by atoms with Gasteiger partial charge in [-0.15, -0.1) is 0 Å². The maximum Gasteiger partial charge on any atom is 0.264 e. The quantitative estimate of drug-likeness (QED) is 0.247. The summed E-state index contributed by atoms with van der Waals surface area (Å²) in [6, 6.07) is 18.1. The predicted molar refractivity (Wildman–Crippen MR) is 161 cm³/mol. The van der Waals surface area contributed by atoms with Gasteiger partial charge < -0.3 is 10.2 Å². The van der Waals surface area contributed by atoms with E-state index in [2.05, 4.69) is 5.32 Å². The second kappa shape index (κ2) is 14.2. The summed E-state index contributed by atoms with van der Waals surface area (Å²) in [7, 11) is -4.17. The van der Waals surface area contributed by atoms with Gasteiger partial charge in [0.25, 0.3) is 10.0 Å². The molecule has 0 bridgehead atoms. The van der Waals surface area contributed by atoms with Crippen LogP contribution in [0.4, 0.5) is 5.69 Å². The van der Waals surface area contributed by atoms with Gasteiger partial charge in [-0.1, -0.05) is 72.9 Å². The number of sulfonamides is 1. The molecule has 0 spiro atoms. The topological polar surface area (TPSA) is 86.8 Å². The van der Waals surface area contributed by atoms with E-state index in [1.165, 1.54) is 29.2 Å². The lowest BCUT2D eigenvalue weighted by atomic mass is 10.1. The van der Waals surface area contributed by atoms with Crippen LogP contribution in [0.3, 0.4) is 0 Å². The number of halogens is 3.